The van der Waals surface area contributed by atoms with Crippen LogP contribution < -0.4 is 10.6 Å². The van der Waals surface area contributed by atoms with Gasteiger partial charge in [0.2, 0.25) is 0 Å². The molecule has 0 saturated carbocycles. The van der Waals surface area contributed by atoms with Crippen LogP contribution in [0.15, 0.2) is 11.1 Å². The van der Waals surface area contributed by atoms with Crippen LogP contribution in [0.1, 0.15) is 54.8 Å². The summed E-state index contributed by atoms with van der Waals surface area (Å²) in [5.74, 6) is 0.905. The molecule has 3 atom stereocenters. The second-order valence-corrected chi connectivity index (χ2v) is 9.51. The lowest BCUT2D eigenvalue weighted by Crippen LogP contribution is -2.47. The Labute approximate surface area is 149 Å². The molecular weight excluding hydrogens is 318 g/mol. The minimum Gasteiger partial charge on any atom is -0.373 e. The summed E-state index contributed by atoms with van der Waals surface area (Å²) >= 11 is 1.97. The lowest BCUT2D eigenvalue weighted by Gasteiger charge is -2.29. The monoisotopic (exact) mass is 347 g/mol. The van der Waals surface area contributed by atoms with Crippen molar-refractivity contribution in [3.05, 3.63) is 21.4 Å². The van der Waals surface area contributed by atoms with Crippen molar-refractivity contribution in [2.45, 2.75) is 77.2 Å². The van der Waals surface area contributed by atoms with Crippen LogP contribution in [0.2, 0.25) is 0 Å². The molecule has 0 amide bonds. The second-order valence-electron chi connectivity index (χ2n) is 8.29. The molecule has 2 N–H and O–H groups in total. The van der Waals surface area contributed by atoms with E-state index < -0.39 is 0 Å². The highest BCUT2D eigenvalue weighted by Gasteiger charge is 2.41. The number of guanidine groups is 1. The van der Waals surface area contributed by atoms with Crippen molar-refractivity contribution >= 4 is 17.3 Å². The second kappa shape index (κ2) is 6.34. The van der Waals surface area contributed by atoms with Crippen LogP contribution in [0.4, 0.5) is 0 Å². The van der Waals surface area contributed by atoms with Crippen LogP contribution in [0, 0.1) is 5.41 Å². The summed E-state index contributed by atoms with van der Waals surface area (Å²) in [5, 5.41) is 7.06. The molecule has 3 heterocycles. The zero-order valence-electron chi connectivity index (χ0n) is 15.0. The molecule has 1 aromatic heterocycles. The maximum absolute atomic E-state index is 5.92. The van der Waals surface area contributed by atoms with E-state index in [0.29, 0.717) is 23.7 Å². The van der Waals surface area contributed by atoms with Gasteiger partial charge >= 0.3 is 0 Å². The number of hydrogen-bond donors (Lipinski definition) is 2. The highest BCUT2D eigenvalue weighted by atomic mass is 32.1. The van der Waals surface area contributed by atoms with Gasteiger partial charge < -0.3 is 15.4 Å². The predicted molar refractivity (Wildman–Crippen MR) is 99.8 cm³/mol. The van der Waals surface area contributed by atoms with Crippen molar-refractivity contribution in [3.8, 4) is 0 Å². The highest BCUT2D eigenvalue weighted by molar-refractivity contribution is 7.12. The van der Waals surface area contributed by atoms with E-state index in [1.54, 1.807) is 10.4 Å². The van der Waals surface area contributed by atoms with Crippen molar-refractivity contribution in [3.63, 3.8) is 0 Å². The number of rotatable bonds is 3. The minimum atomic E-state index is 0.379. The summed E-state index contributed by atoms with van der Waals surface area (Å²) in [7, 11) is 1.85. The first-order valence-corrected chi connectivity index (χ1v) is 10.1. The van der Waals surface area contributed by atoms with E-state index in [2.05, 4.69) is 35.5 Å². The Hall–Kier alpha value is -1.07. The summed E-state index contributed by atoms with van der Waals surface area (Å²) in [6.45, 7) is 5.63. The van der Waals surface area contributed by atoms with E-state index >= 15 is 0 Å². The standard InChI is InChI=1S/C19H29N3OS/c1-19(2)7-6-17-12(10-19)8-14(24-17)11-21-18(20-3)22-15-9-13-4-5-16(15)23-13/h8,13,15-16H,4-7,9-11H2,1-3H3,(H2,20,21,22). The van der Waals surface area contributed by atoms with E-state index in [1.165, 1.54) is 37.0 Å². The van der Waals surface area contributed by atoms with Gasteiger partial charge in [-0.3, -0.25) is 4.99 Å². The van der Waals surface area contributed by atoms with E-state index in [4.69, 9.17) is 4.74 Å². The topological polar surface area (TPSA) is 45.7 Å². The molecule has 3 aliphatic rings. The number of aliphatic imine (C=N–C) groups is 1. The molecule has 0 radical (unpaired) electrons. The Morgan fingerprint density at radius 2 is 2.29 bits per heavy atom. The number of nitrogens with zero attached hydrogens (tertiary/aromatic N) is 1. The molecule has 3 unspecified atom stereocenters. The SMILES string of the molecule is CN=C(NCc1cc2c(s1)CCC(C)(C)C2)NC1CC2CCC1O2. The van der Waals surface area contributed by atoms with Crippen molar-refractivity contribution in [2.75, 3.05) is 7.05 Å². The normalized spacial score (nSPS) is 31.1. The smallest absolute Gasteiger partial charge is 0.191 e. The summed E-state index contributed by atoms with van der Waals surface area (Å²) in [4.78, 5) is 7.41. The van der Waals surface area contributed by atoms with Crippen LogP contribution >= 0.6 is 11.3 Å². The lowest BCUT2D eigenvalue weighted by molar-refractivity contribution is 0.0992. The molecular formula is C19H29N3OS. The van der Waals surface area contributed by atoms with Crippen LogP contribution in [-0.2, 0) is 24.1 Å². The summed E-state index contributed by atoms with van der Waals surface area (Å²) in [5.41, 5.74) is 2.02. The zero-order valence-corrected chi connectivity index (χ0v) is 15.8. The fourth-order valence-electron chi connectivity index (χ4n) is 4.36. The van der Waals surface area contributed by atoms with Gasteiger partial charge in [0.25, 0.3) is 0 Å². The first-order valence-electron chi connectivity index (χ1n) is 9.25. The Morgan fingerprint density at radius 1 is 1.42 bits per heavy atom. The van der Waals surface area contributed by atoms with Gasteiger partial charge in [0.05, 0.1) is 24.8 Å². The van der Waals surface area contributed by atoms with Crippen molar-refractivity contribution in [1.29, 1.82) is 0 Å². The maximum Gasteiger partial charge on any atom is 0.191 e. The summed E-state index contributed by atoms with van der Waals surface area (Å²) in [6.07, 6.45) is 8.15. The molecule has 5 heteroatoms. The van der Waals surface area contributed by atoms with Gasteiger partial charge in [-0.25, -0.2) is 0 Å². The molecule has 4 rings (SSSR count). The summed E-state index contributed by atoms with van der Waals surface area (Å²) in [6, 6.07) is 2.83. The maximum atomic E-state index is 5.92. The Balaban J connectivity index is 1.33. The van der Waals surface area contributed by atoms with Gasteiger partial charge in [0.15, 0.2) is 5.96 Å². The third kappa shape index (κ3) is 3.33. The average molecular weight is 348 g/mol. The quantitative estimate of drug-likeness (QED) is 0.652. The van der Waals surface area contributed by atoms with E-state index in [9.17, 15) is 0 Å². The predicted octanol–water partition coefficient (Wildman–Crippen LogP) is 3.25. The van der Waals surface area contributed by atoms with Crippen LogP contribution in [0.25, 0.3) is 0 Å². The van der Waals surface area contributed by atoms with Crippen molar-refractivity contribution < 1.29 is 4.74 Å². The van der Waals surface area contributed by atoms with Crippen molar-refractivity contribution in [1.82, 2.24) is 10.6 Å². The van der Waals surface area contributed by atoms with Crippen LogP contribution in [0.3, 0.4) is 0 Å². The molecule has 1 aliphatic carbocycles. The van der Waals surface area contributed by atoms with Gasteiger partial charge in [-0.15, -0.1) is 11.3 Å². The fourth-order valence-corrected chi connectivity index (χ4v) is 5.49. The Bertz CT molecular complexity index is 637. The van der Waals surface area contributed by atoms with Crippen LogP contribution in [0.5, 0.6) is 0 Å². The first-order chi connectivity index (χ1) is 11.5. The number of thiophene rings is 1. The van der Waals surface area contributed by atoms with Gasteiger partial charge in [-0.1, -0.05) is 13.8 Å². The molecule has 1 aromatic rings. The highest BCUT2D eigenvalue weighted by Crippen LogP contribution is 2.38. The van der Waals surface area contributed by atoms with Gasteiger partial charge in [0.1, 0.15) is 0 Å². The van der Waals surface area contributed by atoms with Gasteiger partial charge in [-0.05, 0) is 55.6 Å². The minimum absolute atomic E-state index is 0.379. The largest absolute Gasteiger partial charge is 0.373 e. The zero-order chi connectivity index (χ0) is 16.7. The third-order valence-electron chi connectivity index (χ3n) is 5.73. The number of nitrogens with one attached hydrogen (secondary N) is 2. The molecule has 2 bridgehead atoms. The first kappa shape index (κ1) is 16.4. The average Bonchev–Trinajstić information content (AvgIpc) is 3.24. The molecule has 4 nitrogen and oxygen atoms in total. The number of hydrogen-bond acceptors (Lipinski definition) is 3. The molecule has 0 aromatic carbocycles. The molecule has 132 valence electrons. The Morgan fingerprint density at radius 3 is 3.00 bits per heavy atom. The molecule has 2 fully saturated rings. The number of fused-ring (bicyclic) bond motifs is 3. The number of aryl methyl sites for hydroxylation is 1. The van der Waals surface area contributed by atoms with E-state index in [1.807, 2.05) is 18.4 Å². The van der Waals surface area contributed by atoms with Crippen molar-refractivity contribution in [2.24, 2.45) is 10.4 Å². The third-order valence-corrected chi connectivity index (χ3v) is 6.96. The van der Waals surface area contributed by atoms with E-state index in [-0.39, 0.29) is 0 Å². The molecule has 2 aliphatic heterocycles. The Kier molecular flexibility index (Phi) is 4.33. The van der Waals surface area contributed by atoms with Gasteiger partial charge in [-0.2, -0.15) is 0 Å². The van der Waals surface area contributed by atoms with E-state index in [0.717, 1.165) is 18.9 Å². The molecule has 2 saturated heterocycles. The molecule has 0 spiro atoms. The lowest BCUT2D eigenvalue weighted by atomic mass is 9.77. The van der Waals surface area contributed by atoms with Gasteiger partial charge in [0, 0.05) is 16.8 Å². The fraction of sp³-hybridized carbons (Fsp3) is 0.737. The summed E-state index contributed by atoms with van der Waals surface area (Å²) < 4.78 is 5.92. The molecule has 24 heavy (non-hydrogen) atoms. The van der Waals surface area contributed by atoms with Crippen LogP contribution in [-0.4, -0.2) is 31.3 Å². The number of ether oxygens (including phenoxy) is 1.